The molecule has 18 heteroatoms. The topological polar surface area (TPSA) is 140 Å². The van der Waals surface area contributed by atoms with E-state index in [-0.39, 0.29) is 55.0 Å². The first-order chi connectivity index (χ1) is 23.8. The zero-order chi connectivity index (χ0) is 36.4. The summed E-state index contributed by atoms with van der Waals surface area (Å²) in [6, 6.07) is 5.55. The van der Waals surface area contributed by atoms with Crippen LogP contribution >= 0.6 is 0 Å². The smallest absolute Gasteiger partial charge is 0.407 e. The van der Waals surface area contributed by atoms with Crippen molar-refractivity contribution in [2.75, 3.05) is 38.7 Å². The average molecular weight is 716 g/mol. The summed E-state index contributed by atoms with van der Waals surface area (Å²) in [5.74, 6) is -6.44. The molecule has 0 bridgehead atoms. The molecule has 1 aliphatic heterocycles. The molecule has 0 radical (unpaired) electrons. The number of pyridine rings is 1. The molecule has 2 heterocycles. The highest BCUT2D eigenvalue weighted by Crippen LogP contribution is 2.33. The van der Waals surface area contributed by atoms with Gasteiger partial charge in [0.25, 0.3) is 0 Å². The fourth-order valence-corrected chi connectivity index (χ4v) is 5.17. The number of carbonyl (C=O) groups excluding carboxylic acids is 3. The Morgan fingerprint density at radius 1 is 1.02 bits per heavy atom. The minimum absolute atomic E-state index is 0.00386. The van der Waals surface area contributed by atoms with Crippen molar-refractivity contribution in [2.24, 2.45) is 0 Å². The maximum Gasteiger partial charge on any atom is 0.407 e. The van der Waals surface area contributed by atoms with Crippen LogP contribution in [0.2, 0.25) is 0 Å². The Hall–Kier alpha value is -4.97. The number of anilines is 1. The Balaban J connectivity index is 1.48. The number of carbonyl (C=O) groups is 3. The molecular formula is C32H32F7N5O6. The first kappa shape index (κ1) is 37.8. The Morgan fingerprint density at radius 3 is 2.42 bits per heavy atom. The van der Waals surface area contributed by atoms with E-state index in [2.05, 4.69) is 25.7 Å². The summed E-state index contributed by atoms with van der Waals surface area (Å²) < 4.78 is 110. The summed E-state index contributed by atoms with van der Waals surface area (Å²) in [6.45, 7) is -1.59. The first-order valence-corrected chi connectivity index (χ1v) is 15.0. The van der Waals surface area contributed by atoms with Gasteiger partial charge in [-0.3, -0.25) is 9.78 Å². The molecule has 1 saturated heterocycles. The number of rotatable bonds is 12. The van der Waals surface area contributed by atoms with Gasteiger partial charge >= 0.3 is 18.4 Å². The van der Waals surface area contributed by atoms with Crippen LogP contribution in [0.15, 0.2) is 54.9 Å². The van der Waals surface area contributed by atoms with Gasteiger partial charge in [0.2, 0.25) is 5.91 Å². The van der Waals surface area contributed by atoms with Crippen molar-refractivity contribution in [2.45, 2.75) is 43.1 Å². The molecule has 50 heavy (non-hydrogen) atoms. The molecule has 3 amide bonds. The molecule has 2 aromatic carbocycles. The number of nitrogens with zero attached hydrogens (tertiary/aromatic N) is 1. The van der Waals surface area contributed by atoms with Gasteiger partial charge in [-0.05, 0) is 36.6 Å². The molecule has 0 aliphatic carbocycles. The van der Waals surface area contributed by atoms with Gasteiger partial charge in [-0.2, -0.15) is 13.2 Å². The third kappa shape index (κ3) is 10.5. The second kappa shape index (κ2) is 17.1. The normalized spacial score (nSPS) is 17.3. The van der Waals surface area contributed by atoms with Gasteiger partial charge in [-0.15, -0.1) is 0 Å². The second-order valence-corrected chi connectivity index (χ2v) is 11.1. The lowest BCUT2D eigenvalue weighted by Gasteiger charge is -2.30. The molecule has 3 aromatic rings. The van der Waals surface area contributed by atoms with Crippen molar-refractivity contribution in [3.05, 3.63) is 94.8 Å². The number of nitrogens with one attached hydrogen (secondary N) is 4. The quantitative estimate of drug-likeness (QED) is 0.198. The lowest BCUT2D eigenvalue weighted by molar-refractivity contribution is -0.124. The highest BCUT2D eigenvalue weighted by Gasteiger charge is 2.36. The van der Waals surface area contributed by atoms with E-state index in [4.69, 9.17) is 9.47 Å². The third-order valence-electron chi connectivity index (χ3n) is 7.62. The largest absolute Gasteiger partial charge is 0.453 e. The highest BCUT2D eigenvalue weighted by atomic mass is 19.4. The maximum atomic E-state index is 15.2. The van der Waals surface area contributed by atoms with E-state index in [9.17, 15) is 36.3 Å². The van der Waals surface area contributed by atoms with Crippen molar-refractivity contribution in [1.29, 1.82) is 0 Å². The molecule has 1 aromatic heterocycles. The number of morpholine rings is 1. The van der Waals surface area contributed by atoms with Gasteiger partial charge in [0.15, 0.2) is 11.6 Å². The Bertz CT molecular complexity index is 1640. The Kier molecular flexibility index (Phi) is 12.9. The SMILES string of the molecule is COC(=O)N[C@H](C(=O)Nc1cncc(F)c1CC[C@@H]1CN[C@H](COC(=O)NCC(F)(F)F)CO1)[C@@H](c1ccc(F)cc1)c1cccc(F)c1F. The van der Waals surface area contributed by atoms with Crippen LogP contribution in [-0.4, -0.2) is 80.9 Å². The van der Waals surface area contributed by atoms with E-state index in [0.29, 0.717) is 0 Å². The van der Waals surface area contributed by atoms with Crippen LogP contribution in [0.3, 0.4) is 0 Å². The molecule has 0 unspecified atom stereocenters. The minimum atomic E-state index is -4.59. The molecule has 4 N–H and O–H groups in total. The number of halogens is 7. The van der Waals surface area contributed by atoms with Crippen molar-refractivity contribution >= 4 is 23.8 Å². The molecular weight excluding hydrogens is 683 g/mol. The average Bonchev–Trinajstić information content (AvgIpc) is 3.08. The van der Waals surface area contributed by atoms with E-state index in [1.165, 1.54) is 24.3 Å². The van der Waals surface area contributed by atoms with Crippen LogP contribution in [-0.2, 0) is 25.4 Å². The summed E-state index contributed by atoms with van der Waals surface area (Å²) in [5, 5.41) is 9.43. The van der Waals surface area contributed by atoms with Crippen LogP contribution in [0.1, 0.15) is 29.0 Å². The van der Waals surface area contributed by atoms with Gasteiger partial charge in [-0.25, -0.2) is 27.2 Å². The van der Waals surface area contributed by atoms with Crippen molar-refractivity contribution in [3.8, 4) is 0 Å². The van der Waals surface area contributed by atoms with E-state index >= 15 is 8.78 Å². The van der Waals surface area contributed by atoms with Crippen LogP contribution < -0.4 is 21.3 Å². The first-order valence-electron chi connectivity index (χ1n) is 15.0. The predicted molar refractivity (Wildman–Crippen MR) is 162 cm³/mol. The molecule has 1 fully saturated rings. The van der Waals surface area contributed by atoms with Crippen molar-refractivity contribution in [1.82, 2.24) is 20.9 Å². The third-order valence-corrected chi connectivity index (χ3v) is 7.62. The number of alkyl halides is 3. The molecule has 270 valence electrons. The molecule has 1 aliphatic rings. The number of benzene rings is 2. The number of alkyl carbamates (subject to hydrolysis) is 2. The van der Waals surface area contributed by atoms with Crippen LogP contribution in [0.25, 0.3) is 0 Å². The zero-order valence-corrected chi connectivity index (χ0v) is 26.3. The lowest BCUT2D eigenvalue weighted by atomic mass is 9.84. The van der Waals surface area contributed by atoms with Crippen LogP contribution in [0.5, 0.6) is 0 Å². The monoisotopic (exact) mass is 715 g/mol. The van der Waals surface area contributed by atoms with Crippen molar-refractivity contribution < 1.29 is 59.3 Å². The standard InChI is InChI=1S/C32H32F7N5O6/c1-48-31(47)44-28(26(17-5-7-18(33)8-6-17)22-3-2-4-23(34)27(22)36)29(45)43-25-13-40-12-24(35)21(25)10-9-20-11-41-19(14-49-20)15-50-30(46)42-16-32(37,38)39/h2-8,12-13,19-20,26,28,41H,9-11,14-16H2,1H3,(H,42,46)(H,43,45)(H,44,47)/t19-,20+,26-,28-/m0/s1. The van der Waals surface area contributed by atoms with Gasteiger partial charge < -0.3 is 35.5 Å². The fraction of sp³-hybridized carbons (Fsp3) is 0.375. The van der Waals surface area contributed by atoms with E-state index in [0.717, 1.165) is 37.7 Å². The van der Waals surface area contributed by atoms with Gasteiger partial charge in [0.05, 0.1) is 43.9 Å². The molecule has 0 spiro atoms. The number of amides is 3. The van der Waals surface area contributed by atoms with E-state index in [1.54, 1.807) is 5.32 Å². The zero-order valence-electron chi connectivity index (χ0n) is 26.3. The highest BCUT2D eigenvalue weighted by molar-refractivity contribution is 5.98. The Labute approximate surface area is 280 Å². The number of hydrogen-bond donors (Lipinski definition) is 4. The summed E-state index contributed by atoms with van der Waals surface area (Å²) >= 11 is 0. The summed E-state index contributed by atoms with van der Waals surface area (Å²) in [5.41, 5.74) is -0.337. The van der Waals surface area contributed by atoms with E-state index < -0.39 is 78.2 Å². The molecule has 11 nitrogen and oxygen atoms in total. The fourth-order valence-electron chi connectivity index (χ4n) is 5.17. The van der Waals surface area contributed by atoms with Gasteiger partial charge in [0, 0.05) is 23.6 Å². The minimum Gasteiger partial charge on any atom is -0.453 e. The van der Waals surface area contributed by atoms with Gasteiger partial charge in [0.1, 0.15) is 30.8 Å². The lowest BCUT2D eigenvalue weighted by Crippen LogP contribution is -2.49. The van der Waals surface area contributed by atoms with Crippen LogP contribution in [0, 0.1) is 23.3 Å². The molecule has 4 rings (SSSR count). The number of aromatic nitrogens is 1. The Morgan fingerprint density at radius 2 is 1.76 bits per heavy atom. The second-order valence-electron chi connectivity index (χ2n) is 11.1. The number of methoxy groups -OCH3 is 1. The van der Waals surface area contributed by atoms with Crippen LogP contribution in [0.4, 0.5) is 46.0 Å². The van der Waals surface area contributed by atoms with Gasteiger partial charge in [-0.1, -0.05) is 24.3 Å². The summed E-state index contributed by atoms with van der Waals surface area (Å²) in [7, 11) is 1.02. The van der Waals surface area contributed by atoms with E-state index in [1.807, 2.05) is 0 Å². The predicted octanol–water partition coefficient (Wildman–Crippen LogP) is 4.71. The number of hydrogen-bond acceptors (Lipinski definition) is 8. The molecule has 4 atom stereocenters. The maximum absolute atomic E-state index is 15.2. The summed E-state index contributed by atoms with van der Waals surface area (Å²) in [4.78, 5) is 41.6. The summed E-state index contributed by atoms with van der Waals surface area (Å²) in [6.07, 6.45) is -5.18. The van der Waals surface area contributed by atoms with Crippen molar-refractivity contribution in [3.63, 3.8) is 0 Å². The number of ether oxygens (including phenoxy) is 3. The molecule has 0 saturated carbocycles.